The molecular formula is C72H93F3N18O12S3. The number of fused-ring (bicyclic) bond motifs is 3. The molecule has 108 heavy (non-hydrogen) atoms. The van der Waals surface area contributed by atoms with E-state index < -0.39 is 371 Å². The van der Waals surface area contributed by atoms with E-state index in [9.17, 15) is 59.1 Å². The number of aliphatic hydroxyl groups excluding tert-OH is 1. The summed E-state index contributed by atoms with van der Waals surface area (Å²) in [7, 11) is 0. The number of rotatable bonds is 30. The first-order valence-electron chi connectivity index (χ1n) is 56.9. The maximum Gasteiger partial charge on any atom is 0.191 e. The van der Waals surface area contributed by atoms with Crippen molar-refractivity contribution in [3.63, 3.8) is 0 Å². The van der Waals surface area contributed by atoms with E-state index in [2.05, 4.69) is 81.5 Å². The van der Waals surface area contributed by atoms with Crippen LogP contribution < -0.4 is 16.0 Å². The van der Waals surface area contributed by atoms with E-state index in [1.807, 2.05) is 0 Å². The molecule has 0 unspecified atom stereocenters. The zero-order valence-corrected chi connectivity index (χ0v) is 58.3. The lowest BCUT2D eigenvalue weighted by Crippen LogP contribution is -2.33. The average Bonchev–Trinajstić information content (AvgIpc) is 1.48. The van der Waals surface area contributed by atoms with Crippen LogP contribution >= 0.6 is 35.3 Å². The van der Waals surface area contributed by atoms with Crippen LogP contribution in [-0.4, -0.2) is 250 Å². The highest BCUT2D eigenvalue weighted by Gasteiger charge is 2.49. The molecule has 6 aromatic heterocycles. The smallest absolute Gasteiger partial charge is 0.191 e. The molecule has 6 heterocycles. The standard InChI is InChI=1S/3C24H31FN6O4S/c3*1-3-8-36-24-27-22(26-16-10-14(16)13-5-4-12(2)15(25)9-13)19-23(28-24)31(30-29-19)17-11-18(35-7-6-32)21(34)20(17)33/h3*4-5,9,14,16-18,20-21,32-34H,3,6-8,10-11H2,1-2H3,(H,26,27,28)/t3*14-,16+,17+,18-,20-,21+/m000/s1/i4D,5D,6D2,7D2,8D2,9D,10D2,11D2,16D,17D,18D,20D,21D;3D2,4D,5D,6D2,8D2,9D,10D2,11D2,16D,17D,18D,20D,21D;3D2,4D,5D,8D2,9D,10D2,11D2,16D,17D,18D,20D,21D. The third-order valence-corrected chi connectivity index (χ3v) is 16.9. The number of ether oxygens (including phenoxy) is 3. The number of hydrogen-bond acceptors (Lipinski definition) is 30. The van der Waals surface area contributed by atoms with Gasteiger partial charge in [-0.1, -0.05) is 108 Å². The molecule has 15 rings (SSSR count). The summed E-state index contributed by atoms with van der Waals surface area (Å²) < 4.78 is 493. The SMILES string of the molecule is [2H]c1c([2H])c([C@@H]2C([2H])([2H])[C@@]2([2H])Nc2nc(SC([2H])([2H])C([2H])([2H])C)nc3c2nnn3[C@]2([2H])C([2H])([2H])[C@]([2H])(OCC([2H])([2H])O)[C@@]([2H])(O)[C@@]2([2H])O)c([2H])c(F)c1C.[2H]c1c([2H])c([C@@H]2C([2H])([2H])[C@@]2([2H])Nc2nc(SC([2H])([2H])C([2H])([2H])C)nc3c2nnn3[C@]2([2H])C([2H])([2H])[C@]([2H])(OCCO)[C@@]([2H])(O)[C@@]2([2H])O)c([2H])c(F)c1C.[2H]c1c([2H])c([C@@H]2C([2H])([2H])[C@@]2([2H])Nc2nc(SC([2H])([2H])CC)nc3c2nnn3[C@]2([2H])C([2H])([2H])[C@]([2H])(OC([2H])([2H])C([2H])([2H])O)[C@@]([2H])(O)[C@@]2([2H])O)c([2H])c(F)c1C. The Hall–Kier alpha value is -7.14. The zero-order valence-electron chi connectivity index (χ0n) is 108. The molecule has 6 aliphatic carbocycles. The molecule has 0 amide bonds. The fourth-order valence-electron chi connectivity index (χ4n) is 9.48. The Morgan fingerprint density at radius 2 is 0.824 bits per heavy atom. The Balaban J connectivity index is 0.000000198. The van der Waals surface area contributed by atoms with Crippen LogP contribution in [0.15, 0.2) is 69.9 Å². The van der Waals surface area contributed by atoms with Crippen LogP contribution in [0.3, 0.4) is 0 Å². The van der Waals surface area contributed by atoms with E-state index in [1.54, 1.807) is 0 Å². The summed E-state index contributed by atoms with van der Waals surface area (Å²) in [5, 5.41) is 122. The number of halogens is 3. The quantitative estimate of drug-likeness (QED) is 0.0168. The lowest BCUT2D eigenvalue weighted by molar-refractivity contribution is -0.0629. The Bertz CT molecular complexity index is 7330. The van der Waals surface area contributed by atoms with Crippen molar-refractivity contribution >= 4 is 86.2 Å². The Kier molecular flexibility index (Phi) is 12.0. The molecule has 30 nitrogen and oxygen atoms in total. The Labute approximate surface area is 706 Å². The number of hydrogen-bond donors (Lipinski definition) is 12. The molecule has 6 fully saturated rings. The molecule has 0 spiro atoms. The van der Waals surface area contributed by atoms with Crippen molar-refractivity contribution in [2.24, 2.45) is 0 Å². The molecule has 0 saturated heterocycles. The molecule has 0 radical (unpaired) electrons. The molecule has 18 atom stereocenters. The van der Waals surface area contributed by atoms with Crippen molar-refractivity contribution < 1.29 is 145 Å². The lowest BCUT2D eigenvalue weighted by Gasteiger charge is -2.17. The van der Waals surface area contributed by atoms with Crippen molar-refractivity contribution in [2.45, 2.75) is 223 Å². The number of aliphatic hydroxyl groups is 9. The van der Waals surface area contributed by atoms with Crippen LogP contribution in [0.4, 0.5) is 30.6 Å². The molecule has 3 aromatic carbocycles. The molecule has 0 aliphatic heterocycles. The summed E-state index contributed by atoms with van der Waals surface area (Å²) in [4.78, 5) is 24.1. The predicted molar refractivity (Wildman–Crippen MR) is 398 cm³/mol. The average molecular weight is 1610 g/mol. The minimum Gasteiger partial charge on any atom is -0.394 e. The minimum atomic E-state index is -4.45. The van der Waals surface area contributed by atoms with E-state index in [4.69, 9.17) is 80.8 Å². The highest BCUT2D eigenvalue weighted by molar-refractivity contribution is 7.99. The second-order valence-electron chi connectivity index (χ2n) is 22.0. The van der Waals surface area contributed by atoms with Crippen LogP contribution in [-0.2, 0) is 14.2 Å². The van der Waals surface area contributed by atoms with Gasteiger partial charge in [-0.2, -0.15) is 0 Å². The largest absolute Gasteiger partial charge is 0.394 e. The number of thioether (sulfide) groups is 3. The van der Waals surface area contributed by atoms with Gasteiger partial charge < -0.3 is 76.1 Å². The maximum atomic E-state index is 14.9. The molecule has 6 saturated carbocycles. The topological polar surface area (TPSA) is 415 Å². The lowest BCUT2D eigenvalue weighted by atomic mass is 10.1. The van der Waals surface area contributed by atoms with Gasteiger partial charge >= 0.3 is 0 Å². The third kappa shape index (κ3) is 17.5. The molecule has 582 valence electrons. The molecule has 12 N–H and O–H groups in total. The molecule has 6 aliphatic rings. The summed E-state index contributed by atoms with van der Waals surface area (Å²) in [6, 6.07) is -27.2. The first kappa shape index (κ1) is 37.0. The van der Waals surface area contributed by atoms with E-state index in [0.29, 0.717) is 0 Å². The van der Waals surface area contributed by atoms with Gasteiger partial charge in [0.15, 0.2) is 66.4 Å². The summed E-state index contributed by atoms with van der Waals surface area (Å²) >= 11 is 0.226. The highest BCUT2D eigenvalue weighted by Crippen LogP contribution is 2.48. The van der Waals surface area contributed by atoms with Gasteiger partial charge in [0.25, 0.3) is 0 Å². The Morgan fingerprint density at radius 1 is 0.481 bits per heavy atom. The van der Waals surface area contributed by atoms with Gasteiger partial charge in [-0.15, -0.1) is 15.3 Å². The predicted octanol–water partition coefficient (Wildman–Crippen LogP) is 6.55. The van der Waals surface area contributed by atoms with Gasteiger partial charge in [0.1, 0.15) is 53.9 Å². The fourth-order valence-corrected chi connectivity index (χ4v) is 10.9. The molecule has 36 heteroatoms. The van der Waals surface area contributed by atoms with Gasteiger partial charge in [0.2, 0.25) is 0 Å². The van der Waals surface area contributed by atoms with Crippen molar-refractivity contribution in [2.75, 3.05) is 72.6 Å². The highest BCUT2D eigenvalue weighted by atomic mass is 32.2. The monoisotopic (exact) mass is 1610 g/mol. The van der Waals surface area contributed by atoms with Crippen molar-refractivity contribution in [3.8, 4) is 0 Å². The first-order chi connectivity index (χ1) is 71.5. The van der Waals surface area contributed by atoms with E-state index in [1.165, 1.54) is 6.92 Å². The first-order valence-corrected chi connectivity index (χ1v) is 33.4. The number of anilines is 3. The molecular weight excluding hydrogens is 1460 g/mol. The second kappa shape index (κ2) is 35.1. The molecule has 9 aromatic rings. The van der Waals surface area contributed by atoms with Gasteiger partial charge in [-0.3, -0.25) is 0 Å². The van der Waals surface area contributed by atoms with Gasteiger partial charge in [0.05, 0.1) is 117 Å². The normalized spacial score (nSPS) is 48.7. The summed E-state index contributed by atoms with van der Waals surface area (Å²) in [5.74, 6) is -11.6. The summed E-state index contributed by atoms with van der Waals surface area (Å²) in [6.45, 7) is -8.48. The Morgan fingerprint density at radius 3 is 1.15 bits per heavy atom. The number of nitrogens with zero attached hydrogens (tertiary/aromatic N) is 15. The van der Waals surface area contributed by atoms with Crippen LogP contribution in [0.1, 0.15) is 219 Å². The third-order valence-electron chi connectivity index (χ3n) is 14.8. The molecule has 0 bridgehead atoms. The van der Waals surface area contributed by atoms with Crippen molar-refractivity contribution in [1.82, 2.24) is 74.9 Å². The summed E-state index contributed by atoms with van der Waals surface area (Å²) in [5.41, 5.74) is -16.3. The second-order valence-corrected chi connectivity index (χ2v) is 24.4. The fraction of sp³-hybridized carbons (Fsp3) is 0.583. The summed E-state index contributed by atoms with van der Waals surface area (Å²) in [6.07, 6.45) is -63.4. The van der Waals surface area contributed by atoms with Crippen molar-refractivity contribution in [1.29, 1.82) is 0 Å². The number of nitrogens with one attached hydrogen (secondary N) is 3. The minimum absolute atomic E-state index is 0.00266. The van der Waals surface area contributed by atoms with E-state index in [0.717, 1.165) is 34.6 Å². The maximum absolute atomic E-state index is 14.9. The van der Waals surface area contributed by atoms with Crippen LogP contribution in [0.5, 0.6) is 0 Å². The number of benzene rings is 3. The van der Waals surface area contributed by atoms with Crippen LogP contribution in [0.2, 0.25) is 0 Å². The van der Waals surface area contributed by atoms with E-state index >= 15 is 0 Å². The van der Waals surface area contributed by atoms with Crippen LogP contribution in [0, 0.1) is 38.2 Å². The van der Waals surface area contributed by atoms with Gasteiger partial charge in [-0.05, 0) is 111 Å². The number of aromatic nitrogens is 15. The van der Waals surface area contributed by atoms with E-state index in [-0.39, 0.29) is 72.4 Å². The van der Waals surface area contributed by atoms with Gasteiger partial charge in [0, 0.05) is 102 Å². The zero-order chi connectivity index (χ0) is 123. The van der Waals surface area contributed by atoms with Gasteiger partial charge in [-0.25, -0.2) is 57.1 Å². The van der Waals surface area contributed by atoms with Crippen LogP contribution in [0.25, 0.3) is 33.5 Å². The van der Waals surface area contributed by atoms with Crippen molar-refractivity contribution in [3.05, 3.63) is 105 Å².